The van der Waals surface area contributed by atoms with E-state index < -0.39 is 0 Å². The normalized spacial score (nSPS) is 11.2. The molecule has 224 valence electrons. The fourth-order valence-electron chi connectivity index (χ4n) is 5.79. The third kappa shape index (κ3) is 10.5. The number of rotatable bonds is 18. The molecule has 0 saturated carbocycles. The van der Waals surface area contributed by atoms with E-state index in [0.29, 0.717) is 0 Å². The van der Waals surface area contributed by atoms with Crippen molar-refractivity contribution < 1.29 is 0 Å². The minimum Gasteiger partial charge on any atom is -0.134 e. The van der Waals surface area contributed by atoms with Crippen molar-refractivity contribution in [3.63, 3.8) is 0 Å². The van der Waals surface area contributed by atoms with Crippen molar-refractivity contribution in [1.29, 1.82) is 0 Å². The van der Waals surface area contributed by atoms with Gasteiger partial charge in [0.1, 0.15) is 0 Å². The van der Waals surface area contributed by atoms with Gasteiger partial charge in [0.05, 0.1) is 9.40 Å². The molecule has 2 aromatic heterocycles. The van der Waals surface area contributed by atoms with Gasteiger partial charge in [-0.2, -0.15) is 0 Å². The summed E-state index contributed by atoms with van der Waals surface area (Å²) in [5.41, 5.74) is 2.31. The molecule has 0 radical (unpaired) electrons. The summed E-state index contributed by atoms with van der Waals surface area (Å²) in [5, 5.41) is 2.75. The highest BCUT2D eigenvalue weighted by Crippen LogP contribution is 2.44. The monoisotopic (exact) mass is 596 g/mol. The summed E-state index contributed by atoms with van der Waals surface area (Å²) in [6, 6.07) is 13.6. The smallest absolute Gasteiger partial charge is 0.0542 e. The molecule has 0 fully saturated rings. The number of thiophene rings is 2. The standard InChI is InChI=1S/C40H52S2/c1-3-5-7-9-11-13-15-17-19-21-23-25-33-27-29-35-37(31-33)41-40-36-30-28-34(32-38(36)42-39(35)40)26-24-22-20-18-16-14-12-10-8-6-4-2/h27-32H,3-22H2,1-2H3. The van der Waals surface area contributed by atoms with Crippen LogP contribution in [0.3, 0.4) is 0 Å². The molecule has 0 nitrogen and oxygen atoms in total. The molecule has 42 heavy (non-hydrogen) atoms. The molecule has 0 atom stereocenters. The topological polar surface area (TPSA) is 0 Å². The Morgan fingerprint density at radius 2 is 0.810 bits per heavy atom. The highest BCUT2D eigenvalue weighted by molar-refractivity contribution is 7.36. The SMILES string of the molecule is CCCCCCCCCCCC#Cc1ccc2c(c1)sc1c3ccc(C#CCCCCCCCCCCC)cc3sc21. The predicted molar refractivity (Wildman–Crippen MR) is 192 cm³/mol. The van der Waals surface area contributed by atoms with E-state index in [9.17, 15) is 0 Å². The Morgan fingerprint density at radius 3 is 1.19 bits per heavy atom. The molecule has 0 bridgehead atoms. The quantitative estimate of drug-likeness (QED) is 0.0791. The fourth-order valence-corrected chi connectivity index (χ4v) is 8.52. The molecule has 2 heterocycles. The third-order valence-corrected chi connectivity index (χ3v) is 10.9. The molecule has 4 rings (SSSR count). The average Bonchev–Trinajstić information content (AvgIpc) is 3.53. The van der Waals surface area contributed by atoms with Crippen LogP contribution < -0.4 is 0 Å². The van der Waals surface area contributed by atoms with Crippen molar-refractivity contribution in [3.8, 4) is 23.7 Å². The summed E-state index contributed by atoms with van der Waals surface area (Å²) in [7, 11) is 0. The molecule has 2 heteroatoms. The maximum Gasteiger partial charge on any atom is 0.0542 e. The Labute approximate surface area is 264 Å². The van der Waals surface area contributed by atoms with Crippen molar-refractivity contribution in [1.82, 2.24) is 0 Å². The van der Waals surface area contributed by atoms with E-state index in [1.54, 1.807) is 0 Å². The molecular formula is C40H52S2. The number of benzene rings is 2. The van der Waals surface area contributed by atoms with Gasteiger partial charge in [-0.3, -0.25) is 0 Å². The summed E-state index contributed by atoms with van der Waals surface area (Å²) in [6.45, 7) is 4.57. The molecular weight excluding hydrogens is 545 g/mol. The number of hydrogen-bond acceptors (Lipinski definition) is 2. The highest BCUT2D eigenvalue weighted by atomic mass is 32.1. The van der Waals surface area contributed by atoms with E-state index in [1.807, 2.05) is 22.7 Å². The van der Waals surface area contributed by atoms with Crippen LogP contribution in [0.1, 0.15) is 153 Å². The lowest BCUT2D eigenvalue weighted by Gasteiger charge is -2.00. The van der Waals surface area contributed by atoms with E-state index in [0.717, 1.165) is 24.0 Å². The van der Waals surface area contributed by atoms with Crippen LogP contribution >= 0.6 is 22.7 Å². The molecule has 0 unspecified atom stereocenters. The van der Waals surface area contributed by atoms with Crippen LogP contribution in [-0.4, -0.2) is 0 Å². The molecule has 2 aromatic carbocycles. The first-order chi connectivity index (χ1) is 20.8. The number of unbranched alkanes of at least 4 members (excludes halogenated alkanes) is 18. The van der Waals surface area contributed by atoms with Crippen LogP contribution in [0.5, 0.6) is 0 Å². The average molecular weight is 597 g/mol. The molecule has 0 spiro atoms. The van der Waals surface area contributed by atoms with Gasteiger partial charge in [-0.05, 0) is 37.1 Å². The van der Waals surface area contributed by atoms with Gasteiger partial charge in [-0.15, -0.1) is 22.7 Å². The van der Waals surface area contributed by atoms with Gasteiger partial charge in [0.2, 0.25) is 0 Å². The summed E-state index contributed by atoms with van der Waals surface area (Å²) in [5.74, 6) is 13.7. The van der Waals surface area contributed by atoms with E-state index in [-0.39, 0.29) is 0 Å². The van der Waals surface area contributed by atoms with Crippen LogP contribution in [-0.2, 0) is 0 Å². The lowest BCUT2D eigenvalue weighted by molar-refractivity contribution is 0.567. The van der Waals surface area contributed by atoms with E-state index in [1.165, 1.54) is 145 Å². The zero-order chi connectivity index (χ0) is 29.2. The second-order valence-electron chi connectivity index (χ2n) is 12.0. The Hall–Kier alpha value is -2.26. The zero-order valence-electron chi connectivity index (χ0n) is 26.4. The van der Waals surface area contributed by atoms with Gasteiger partial charge in [-0.1, -0.05) is 152 Å². The van der Waals surface area contributed by atoms with E-state index in [2.05, 4.69) is 73.9 Å². The molecule has 0 amide bonds. The maximum absolute atomic E-state index is 3.44. The van der Waals surface area contributed by atoms with Gasteiger partial charge in [0, 0.05) is 44.1 Å². The van der Waals surface area contributed by atoms with Gasteiger partial charge in [0.15, 0.2) is 0 Å². The summed E-state index contributed by atoms with van der Waals surface area (Å²) in [6.07, 6.45) is 26.6. The van der Waals surface area contributed by atoms with Crippen molar-refractivity contribution in [2.45, 2.75) is 142 Å². The number of fused-ring (bicyclic) bond motifs is 5. The maximum atomic E-state index is 3.44. The second-order valence-corrected chi connectivity index (χ2v) is 14.1. The Balaban J connectivity index is 1.23. The predicted octanol–water partition coefficient (Wildman–Crippen LogP) is 13.8. The third-order valence-electron chi connectivity index (χ3n) is 8.36. The largest absolute Gasteiger partial charge is 0.134 e. The Kier molecular flexibility index (Phi) is 14.9. The molecule has 0 aliphatic rings. The zero-order valence-corrected chi connectivity index (χ0v) is 28.1. The molecule has 0 aliphatic carbocycles. The Bertz CT molecular complexity index is 1360. The van der Waals surface area contributed by atoms with Crippen LogP contribution in [0.25, 0.3) is 29.6 Å². The molecule has 4 aromatic rings. The molecule has 0 N–H and O–H groups in total. The second kappa shape index (κ2) is 19.1. The lowest BCUT2D eigenvalue weighted by atomic mass is 10.1. The van der Waals surface area contributed by atoms with E-state index >= 15 is 0 Å². The van der Waals surface area contributed by atoms with Crippen molar-refractivity contribution in [2.75, 3.05) is 0 Å². The minimum absolute atomic E-state index is 1.02. The summed E-state index contributed by atoms with van der Waals surface area (Å²) in [4.78, 5) is 0. The lowest BCUT2D eigenvalue weighted by Crippen LogP contribution is -1.81. The summed E-state index contributed by atoms with van der Waals surface area (Å²) >= 11 is 3.84. The Morgan fingerprint density at radius 1 is 0.452 bits per heavy atom. The van der Waals surface area contributed by atoms with Gasteiger partial charge >= 0.3 is 0 Å². The first kappa shape index (κ1) is 32.6. The number of hydrogen-bond donors (Lipinski definition) is 0. The highest BCUT2D eigenvalue weighted by Gasteiger charge is 2.12. The molecule has 0 saturated heterocycles. The van der Waals surface area contributed by atoms with Gasteiger partial charge in [-0.25, -0.2) is 0 Å². The fraction of sp³-hybridized carbons (Fsp3) is 0.550. The van der Waals surface area contributed by atoms with Gasteiger partial charge < -0.3 is 0 Å². The van der Waals surface area contributed by atoms with Crippen molar-refractivity contribution in [2.24, 2.45) is 0 Å². The van der Waals surface area contributed by atoms with Gasteiger partial charge in [0.25, 0.3) is 0 Å². The van der Waals surface area contributed by atoms with Crippen LogP contribution in [0.15, 0.2) is 36.4 Å². The van der Waals surface area contributed by atoms with Crippen molar-refractivity contribution >= 4 is 52.2 Å². The minimum atomic E-state index is 1.02. The molecule has 0 aliphatic heterocycles. The van der Waals surface area contributed by atoms with Crippen LogP contribution in [0.4, 0.5) is 0 Å². The first-order valence-corrected chi connectivity index (χ1v) is 18.8. The van der Waals surface area contributed by atoms with Crippen LogP contribution in [0, 0.1) is 23.7 Å². The first-order valence-electron chi connectivity index (χ1n) is 17.2. The van der Waals surface area contributed by atoms with E-state index in [4.69, 9.17) is 0 Å². The summed E-state index contributed by atoms with van der Waals surface area (Å²) < 4.78 is 5.55. The van der Waals surface area contributed by atoms with Crippen LogP contribution in [0.2, 0.25) is 0 Å². The van der Waals surface area contributed by atoms with Crippen molar-refractivity contribution in [3.05, 3.63) is 47.5 Å².